The smallest absolute Gasteiger partial charge is 0.191 e. The lowest BCUT2D eigenvalue weighted by Crippen LogP contribution is -2.36. The highest BCUT2D eigenvalue weighted by Gasteiger charge is 2.07. The van der Waals surface area contributed by atoms with Crippen LogP contribution in [0.3, 0.4) is 0 Å². The molecule has 0 fully saturated rings. The molecule has 2 N–H and O–H groups in total. The highest BCUT2D eigenvalue weighted by Crippen LogP contribution is 2.21. The summed E-state index contributed by atoms with van der Waals surface area (Å²) in [4.78, 5) is 4.62. The lowest BCUT2D eigenvalue weighted by molar-refractivity contribution is 0.239. The van der Waals surface area contributed by atoms with Gasteiger partial charge in [-0.25, -0.2) is 4.99 Å². The molecular formula is C19H30IN5O. The Morgan fingerprint density at radius 3 is 2.69 bits per heavy atom. The standard InChI is InChI=1S/C19H29N5O.HI/c1-6-20-19(21-10-16-11-23-24(5)13-16)22-12-17-8-7-15(4)9-18(17)25-14(2)3;/h7-9,11,13-14H,6,10,12H2,1-5H3,(H2,20,21,22);1H. The molecule has 144 valence electrons. The zero-order valence-corrected chi connectivity index (χ0v) is 18.6. The summed E-state index contributed by atoms with van der Waals surface area (Å²) in [5.41, 5.74) is 3.39. The number of halogens is 1. The van der Waals surface area contributed by atoms with Crippen LogP contribution in [0.4, 0.5) is 0 Å². The molecule has 0 aliphatic heterocycles. The van der Waals surface area contributed by atoms with Crippen LogP contribution in [0.1, 0.15) is 37.5 Å². The van der Waals surface area contributed by atoms with Gasteiger partial charge >= 0.3 is 0 Å². The van der Waals surface area contributed by atoms with Crippen LogP contribution < -0.4 is 15.4 Å². The highest BCUT2D eigenvalue weighted by atomic mass is 127. The van der Waals surface area contributed by atoms with Crippen LogP contribution in [0, 0.1) is 6.92 Å². The minimum Gasteiger partial charge on any atom is -0.491 e. The van der Waals surface area contributed by atoms with E-state index in [-0.39, 0.29) is 30.1 Å². The van der Waals surface area contributed by atoms with Crippen molar-refractivity contribution < 1.29 is 4.74 Å². The molecule has 0 aliphatic carbocycles. The SMILES string of the molecule is CCNC(=NCc1cnn(C)c1)NCc1ccc(C)cc1OC(C)C.I. The predicted octanol–water partition coefficient (Wildman–Crippen LogP) is 3.39. The van der Waals surface area contributed by atoms with Gasteiger partial charge in [-0.3, -0.25) is 4.68 Å². The third-order valence-corrected chi connectivity index (χ3v) is 3.55. The van der Waals surface area contributed by atoms with Gasteiger partial charge in [0.15, 0.2) is 5.96 Å². The Morgan fingerprint density at radius 1 is 1.31 bits per heavy atom. The van der Waals surface area contributed by atoms with E-state index >= 15 is 0 Å². The fourth-order valence-corrected chi connectivity index (χ4v) is 2.42. The predicted molar refractivity (Wildman–Crippen MR) is 117 cm³/mol. The third-order valence-electron chi connectivity index (χ3n) is 3.55. The number of benzene rings is 1. The second-order valence-electron chi connectivity index (χ2n) is 6.35. The first-order chi connectivity index (χ1) is 12.0. The van der Waals surface area contributed by atoms with Crippen LogP contribution in [0.25, 0.3) is 0 Å². The molecule has 0 amide bonds. The average molecular weight is 471 g/mol. The molecule has 0 unspecified atom stereocenters. The van der Waals surface area contributed by atoms with Gasteiger partial charge in [0.1, 0.15) is 5.75 Å². The minimum atomic E-state index is 0. The van der Waals surface area contributed by atoms with E-state index in [0.29, 0.717) is 13.1 Å². The van der Waals surface area contributed by atoms with Crippen LogP contribution in [-0.2, 0) is 20.1 Å². The number of nitrogens with one attached hydrogen (secondary N) is 2. The summed E-state index contributed by atoms with van der Waals surface area (Å²) < 4.78 is 7.72. The molecule has 26 heavy (non-hydrogen) atoms. The Labute approximate surface area is 173 Å². The van der Waals surface area contributed by atoms with Gasteiger partial charge in [-0.15, -0.1) is 24.0 Å². The van der Waals surface area contributed by atoms with E-state index in [4.69, 9.17) is 4.74 Å². The van der Waals surface area contributed by atoms with Crippen molar-refractivity contribution in [2.24, 2.45) is 12.0 Å². The molecule has 0 saturated carbocycles. The number of nitrogens with zero attached hydrogens (tertiary/aromatic N) is 3. The van der Waals surface area contributed by atoms with Crippen molar-refractivity contribution >= 4 is 29.9 Å². The maximum atomic E-state index is 5.94. The fraction of sp³-hybridized carbons (Fsp3) is 0.474. The van der Waals surface area contributed by atoms with Crippen molar-refractivity contribution in [2.45, 2.75) is 46.9 Å². The largest absolute Gasteiger partial charge is 0.491 e. The van der Waals surface area contributed by atoms with Crippen LogP contribution in [0.5, 0.6) is 5.75 Å². The van der Waals surface area contributed by atoms with E-state index in [2.05, 4.69) is 52.8 Å². The molecule has 1 aromatic carbocycles. The van der Waals surface area contributed by atoms with E-state index in [1.165, 1.54) is 5.56 Å². The molecule has 0 atom stereocenters. The van der Waals surface area contributed by atoms with Crippen LogP contribution in [0.15, 0.2) is 35.6 Å². The first-order valence-electron chi connectivity index (χ1n) is 8.73. The maximum absolute atomic E-state index is 5.94. The number of guanidine groups is 1. The average Bonchev–Trinajstić information content (AvgIpc) is 2.96. The number of aliphatic imine (C=N–C) groups is 1. The molecule has 0 aliphatic rings. The second-order valence-corrected chi connectivity index (χ2v) is 6.35. The first-order valence-corrected chi connectivity index (χ1v) is 8.73. The summed E-state index contributed by atoms with van der Waals surface area (Å²) >= 11 is 0. The molecular weight excluding hydrogens is 441 g/mol. The van der Waals surface area contributed by atoms with Crippen molar-refractivity contribution in [3.8, 4) is 5.75 Å². The van der Waals surface area contributed by atoms with Crippen LogP contribution in [-0.4, -0.2) is 28.4 Å². The summed E-state index contributed by atoms with van der Waals surface area (Å²) in [7, 11) is 1.91. The Hall–Kier alpha value is -1.77. The van der Waals surface area contributed by atoms with E-state index in [9.17, 15) is 0 Å². The van der Waals surface area contributed by atoms with Gasteiger partial charge in [0.25, 0.3) is 0 Å². The highest BCUT2D eigenvalue weighted by molar-refractivity contribution is 14.0. The zero-order chi connectivity index (χ0) is 18.2. The van der Waals surface area contributed by atoms with Gasteiger partial charge in [-0.2, -0.15) is 5.10 Å². The summed E-state index contributed by atoms with van der Waals surface area (Å²) in [5.74, 6) is 1.70. The van der Waals surface area contributed by atoms with Gasteiger partial charge in [0.2, 0.25) is 0 Å². The molecule has 0 saturated heterocycles. The lowest BCUT2D eigenvalue weighted by atomic mass is 10.1. The molecule has 1 aromatic heterocycles. The van der Waals surface area contributed by atoms with E-state index < -0.39 is 0 Å². The third kappa shape index (κ3) is 7.23. The lowest BCUT2D eigenvalue weighted by Gasteiger charge is -2.17. The summed E-state index contributed by atoms with van der Waals surface area (Å²) in [6, 6.07) is 6.28. The molecule has 2 rings (SSSR count). The molecule has 0 spiro atoms. The van der Waals surface area contributed by atoms with Gasteiger partial charge < -0.3 is 15.4 Å². The zero-order valence-electron chi connectivity index (χ0n) is 16.2. The number of ether oxygens (including phenoxy) is 1. The topological polar surface area (TPSA) is 63.5 Å². The van der Waals surface area contributed by atoms with E-state index in [1.54, 1.807) is 4.68 Å². The van der Waals surface area contributed by atoms with E-state index in [0.717, 1.165) is 29.4 Å². The first kappa shape index (κ1) is 22.3. The Kier molecular flexibility index (Phi) is 9.47. The van der Waals surface area contributed by atoms with Gasteiger partial charge in [0.05, 0.1) is 18.8 Å². The normalized spacial score (nSPS) is 11.2. The Bertz CT molecular complexity index is 712. The molecule has 1 heterocycles. The Balaban J connectivity index is 0.00000338. The van der Waals surface area contributed by atoms with Crippen molar-refractivity contribution in [2.75, 3.05) is 6.54 Å². The molecule has 0 bridgehead atoms. The van der Waals surface area contributed by atoms with Crippen LogP contribution >= 0.6 is 24.0 Å². The second kappa shape index (κ2) is 11.1. The maximum Gasteiger partial charge on any atom is 0.191 e. The molecule has 6 nitrogen and oxygen atoms in total. The number of hydrogen-bond acceptors (Lipinski definition) is 3. The fourth-order valence-electron chi connectivity index (χ4n) is 2.42. The molecule has 7 heteroatoms. The van der Waals surface area contributed by atoms with Gasteiger partial charge in [-0.1, -0.05) is 12.1 Å². The number of aryl methyl sites for hydroxylation is 2. The summed E-state index contributed by atoms with van der Waals surface area (Å²) in [5, 5.41) is 10.8. The number of aromatic nitrogens is 2. The number of rotatable bonds is 7. The number of hydrogen-bond donors (Lipinski definition) is 2. The summed E-state index contributed by atoms with van der Waals surface area (Å²) in [6.07, 6.45) is 3.96. The van der Waals surface area contributed by atoms with E-state index in [1.807, 2.05) is 33.3 Å². The molecule has 2 aromatic rings. The Morgan fingerprint density at radius 2 is 2.08 bits per heavy atom. The van der Waals surface area contributed by atoms with Crippen LogP contribution in [0.2, 0.25) is 0 Å². The van der Waals surface area contributed by atoms with Crippen molar-refractivity contribution in [1.82, 2.24) is 20.4 Å². The van der Waals surface area contributed by atoms with Crippen molar-refractivity contribution in [3.05, 3.63) is 47.3 Å². The monoisotopic (exact) mass is 471 g/mol. The van der Waals surface area contributed by atoms with Gasteiger partial charge in [0, 0.05) is 37.5 Å². The quantitative estimate of drug-likeness (QED) is 0.369. The summed E-state index contributed by atoms with van der Waals surface area (Å²) in [6.45, 7) is 10.3. The van der Waals surface area contributed by atoms with Crippen molar-refractivity contribution in [1.29, 1.82) is 0 Å². The minimum absolute atomic E-state index is 0. The van der Waals surface area contributed by atoms with Crippen molar-refractivity contribution in [3.63, 3.8) is 0 Å². The molecule has 0 radical (unpaired) electrons. The van der Waals surface area contributed by atoms with Gasteiger partial charge in [-0.05, 0) is 39.3 Å².